The Balaban J connectivity index is 3.36. The van der Waals surface area contributed by atoms with E-state index in [-0.39, 0.29) is 18.6 Å². The van der Waals surface area contributed by atoms with Crippen LogP contribution in [0.15, 0.2) is 0 Å². The summed E-state index contributed by atoms with van der Waals surface area (Å²) >= 11 is 0. The largest absolute Gasteiger partial charge is 0.394 e. The van der Waals surface area contributed by atoms with Crippen molar-refractivity contribution in [2.45, 2.75) is 39.2 Å². The second-order valence-electron chi connectivity index (χ2n) is 2.75. The van der Waals surface area contributed by atoms with Crippen LogP contribution >= 0.6 is 0 Å². The molecule has 0 aliphatic rings. The number of rotatable bonds is 5. The van der Waals surface area contributed by atoms with Crippen molar-refractivity contribution in [3.63, 3.8) is 0 Å². The molecule has 2 N–H and O–H groups in total. The highest BCUT2D eigenvalue weighted by Crippen LogP contribution is 1.93. The van der Waals surface area contributed by atoms with E-state index in [4.69, 9.17) is 5.11 Å². The fourth-order valence-electron chi connectivity index (χ4n) is 0.730. The highest BCUT2D eigenvalue weighted by Gasteiger charge is 2.03. The first-order chi connectivity index (χ1) is 5.20. The van der Waals surface area contributed by atoms with Gasteiger partial charge in [0.1, 0.15) is 0 Å². The van der Waals surface area contributed by atoms with Crippen LogP contribution in [0, 0.1) is 0 Å². The third kappa shape index (κ3) is 5.85. The van der Waals surface area contributed by atoms with Gasteiger partial charge in [0.05, 0.1) is 6.61 Å². The molecule has 1 amide bonds. The second-order valence-corrected chi connectivity index (χ2v) is 2.75. The summed E-state index contributed by atoms with van der Waals surface area (Å²) in [6, 6.07) is -0.112. The molecule has 0 saturated heterocycles. The zero-order valence-electron chi connectivity index (χ0n) is 7.26. The molecule has 0 bridgehead atoms. The first-order valence-corrected chi connectivity index (χ1v) is 4.11. The number of carbonyl (C=O) groups excluding carboxylic acids is 1. The summed E-state index contributed by atoms with van der Waals surface area (Å²) in [7, 11) is 0. The number of hydrogen-bond donors (Lipinski definition) is 2. The topological polar surface area (TPSA) is 49.3 Å². The molecule has 0 heterocycles. The lowest BCUT2D eigenvalue weighted by Crippen LogP contribution is -2.34. The highest BCUT2D eigenvalue weighted by molar-refractivity contribution is 5.76. The molecule has 11 heavy (non-hydrogen) atoms. The van der Waals surface area contributed by atoms with Crippen LogP contribution in [-0.2, 0) is 4.79 Å². The molecule has 0 rings (SSSR count). The average molecular weight is 159 g/mol. The first kappa shape index (κ1) is 10.4. The van der Waals surface area contributed by atoms with E-state index in [1.807, 2.05) is 6.92 Å². The zero-order valence-corrected chi connectivity index (χ0v) is 7.26. The van der Waals surface area contributed by atoms with Gasteiger partial charge in [0.25, 0.3) is 0 Å². The number of carbonyl (C=O) groups is 1. The third-order valence-corrected chi connectivity index (χ3v) is 1.44. The van der Waals surface area contributed by atoms with Crippen LogP contribution in [0.25, 0.3) is 0 Å². The molecular weight excluding hydrogens is 142 g/mol. The maximum atomic E-state index is 10.9. The minimum atomic E-state index is -0.112. The fourth-order valence-corrected chi connectivity index (χ4v) is 0.730. The first-order valence-electron chi connectivity index (χ1n) is 4.11. The number of amides is 1. The van der Waals surface area contributed by atoms with Gasteiger partial charge >= 0.3 is 0 Å². The number of nitrogens with one attached hydrogen (secondary N) is 1. The van der Waals surface area contributed by atoms with Gasteiger partial charge in [-0.05, 0) is 13.3 Å². The van der Waals surface area contributed by atoms with Gasteiger partial charge in [0, 0.05) is 12.5 Å². The summed E-state index contributed by atoms with van der Waals surface area (Å²) in [5, 5.41) is 11.3. The Morgan fingerprint density at radius 2 is 2.27 bits per heavy atom. The lowest BCUT2D eigenvalue weighted by atomic mass is 10.2. The molecule has 0 spiro atoms. The van der Waals surface area contributed by atoms with Crippen LogP contribution in [0.3, 0.4) is 0 Å². The maximum absolute atomic E-state index is 10.9. The van der Waals surface area contributed by atoms with Crippen molar-refractivity contribution in [1.29, 1.82) is 0 Å². The second kappa shape index (κ2) is 6.16. The van der Waals surface area contributed by atoms with Crippen molar-refractivity contribution in [1.82, 2.24) is 5.32 Å². The zero-order chi connectivity index (χ0) is 8.69. The molecule has 0 aliphatic heterocycles. The van der Waals surface area contributed by atoms with Crippen molar-refractivity contribution >= 4 is 5.91 Å². The van der Waals surface area contributed by atoms with Crippen LogP contribution in [0.1, 0.15) is 33.1 Å². The minimum absolute atomic E-state index is 0.0118. The lowest BCUT2D eigenvalue weighted by Gasteiger charge is -2.09. The Morgan fingerprint density at radius 1 is 1.64 bits per heavy atom. The summed E-state index contributed by atoms with van der Waals surface area (Å²) < 4.78 is 0. The summed E-state index contributed by atoms with van der Waals surface area (Å²) in [6.07, 6.45) is 2.52. The maximum Gasteiger partial charge on any atom is 0.220 e. The van der Waals surface area contributed by atoms with Crippen LogP contribution < -0.4 is 5.32 Å². The van der Waals surface area contributed by atoms with E-state index >= 15 is 0 Å². The molecule has 0 radical (unpaired) electrons. The van der Waals surface area contributed by atoms with E-state index in [1.54, 1.807) is 6.92 Å². The molecular formula is C8H17NO2. The van der Waals surface area contributed by atoms with E-state index in [0.717, 1.165) is 12.8 Å². The van der Waals surface area contributed by atoms with Crippen molar-refractivity contribution in [3.05, 3.63) is 0 Å². The smallest absolute Gasteiger partial charge is 0.220 e. The standard InChI is InChI=1S/C8H17NO2/c1-3-4-5-8(11)9-7(2)6-10/h7,10H,3-6H2,1-2H3,(H,9,11). The van der Waals surface area contributed by atoms with Crippen molar-refractivity contribution < 1.29 is 9.90 Å². The fraction of sp³-hybridized carbons (Fsp3) is 0.875. The summed E-state index contributed by atoms with van der Waals surface area (Å²) in [4.78, 5) is 10.9. The Kier molecular flexibility index (Phi) is 5.84. The van der Waals surface area contributed by atoms with Gasteiger partial charge < -0.3 is 10.4 Å². The highest BCUT2D eigenvalue weighted by atomic mass is 16.3. The molecule has 0 fully saturated rings. The predicted octanol–water partition coefficient (Wildman–Crippen LogP) is 0.674. The molecule has 3 nitrogen and oxygen atoms in total. The van der Waals surface area contributed by atoms with E-state index < -0.39 is 0 Å². The quantitative estimate of drug-likeness (QED) is 0.619. The number of aliphatic hydroxyl groups excluding tert-OH is 1. The number of unbranched alkanes of at least 4 members (excludes halogenated alkanes) is 1. The molecule has 0 aromatic heterocycles. The minimum Gasteiger partial charge on any atom is -0.394 e. The summed E-state index contributed by atoms with van der Waals surface area (Å²) in [6.45, 7) is 3.84. The van der Waals surface area contributed by atoms with Gasteiger partial charge in [-0.15, -0.1) is 0 Å². The molecule has 66 valence electrons. The van der Waals surface area contributed by atoms with Crippen LogP contribution in [0.2, 0.25) is 0 Å². The lowest BCUT2D eigenvalue weighted by molar-refractivity contribution is -0.122. The average Bonchev–Trinajstić information content (AvgIpc) is 2.00. The van der Waals surface area contributed by atoms with Gasteiger partial charge in [-0.25, -0.2) is 0 Å². The number of hydrogen-bond acceptors (Lipinski definition) is 2. The van der Waals surface area contributed by atoms with Gasteiger partial charge in [-0.2, -0.15) is 0 Å². The van der Waals surface area contributed by atoms with Crippen LogP contribution in [-0.4, -0.2) is 23.7 Å². The van der Waals surface area contributed by atoms with Crippen LogP contribution in [0.5, 0.6) is 0 Å². The Hall–Kier alpha value is -0.570. The summed E-state index contributed by atoms with van der Waals surface area (Å²) in [5.74, 6) is 0.0356. The van der Waals surface area contributed by atoms with Gasteiger partial charge in [-0.1, -0.05) is 13.3 Å². The Labute approximate surface area is 67.8 Å². The normalized spacial score (nSPS) is 12.6. The third-order valence-electron chi connectivity index (χ3n) is 1.44. The van der Waals surface area contributed by atoms with Crippen LogP contribution in [0.4, 0.5) is 0 Å². The molecule has 3 heteroatoms. The molecule has 0 aliphatic carbocycles. The van der Waals surface area contributed by atoms with E-state index in [9.17, 15) is 4.79 Å². The van der Waals surface area contributed by atoms with Gasteiger partial charge in [0.15, 0.2) is 0 Å². The van der Waals surface area contributed by atoms with Crippen molar-refractivity contribution in [3.8, 4) is 0 Å². The number of aliphatic hydroxyl groups is 1. The van der Waals surface area contributed by atoms with E-state index in [1.165, 1.54) is 0 Å². The van der Waals surface area contributed by atoms with E-state index in [0.29, 0.717) is 6.42 Å². The molecule has 1 unspecified atom stereocenters. The van der Waals surface area contributed by atoms with E-state index in [2.05, 4.69) is 5.32 Å². The monoisotopic (exact) mass is 159 g/mol. The molecule has 0 aromatic carbocycles. The van der Waals surface area contributed by atoms with Gasteiger partial charge in [-0.3, -0.25) is 4.79 Å². The Bertz CT molecular complexity index is 115. The molecule has 1 atom stereocenters. The van der Waals surface area contributed by atoms with Gasteiger partial charge in [0.2, 0.25) is 5.91 Å². The SMILES string of the molecule is CCCCC(=O)NC(C)CO. The molecule has 0 aromatic rings. The Morgan fingerprint density at radius 3 is 2.73 bits per heavy atom. The predicted molar refractivity (Wildman–Crippen MR) is 44.2 cm³/mol. The van der Waals surface area contributed by atoms with Crippen molar-refractivity contribution in [2.75, 3.05) is 6.61 Å². The molecule has 0 saturated carbocycles. The van der Waals surface area contributed by atoms with Crippen molar-refractivity contribution in [2.24, 2.45) is 0 Å². The summed E-state index contributed by atoms with van der Waals surface area (Å²) in [5.41, 5.74) is 0.